The lowest BCUT2D eigenvalue weighted by molar-refractivity contribution is 0.578. The molecule has 1 aromatic carbocycles. The van der Waals surface area contributed by atoms with E-state index < -0.39 is 11.6 Å². The fraction of sp³-hybridized carbons (Fsp3) is 0.273. The van der Waals surface area contributed by atoms with Crippen LogP contribution < -0.4 is 5.73 Å². The second-order valence-electron chi connectivity index (χ2n) is 3.78. The zero-order chi connectivity index (χ0) is 12.6. The first-order chi connectivity index (χ1) is 8.04. The van der Waals surface area contributed by atoms with Gasteiger partial charge >= 0.3 is 0 Å². The third-order valence-electron chi connectivity index (χ3n) is 2.64. The van der Waals surface area contributed by atoms with Gasteiger partial charge < -0.3 is 10.3 Å². The van der Waals surface area contributed by atoms with Gasteiger partial charge in [0, 0.05) is 13.1 Å². The highest BCUT2D eigenvalue weighted by atomic mass is 19.1. The molecule has 0 spiro atoms. The topological polar surface area (TPSA) is 56.7 Å². The van der Waals surface area contributed by atoms with E-state index in [4.69, 9.17) is 5.73 Å². The minimum Gasteiger partial charge on any atom is -0.324 e. The molecule has 0 fully saturated rings. The number of hydrogen-bond acceptors (Lipinski definition) is 3. The number of halogens is 2. The lowest BCUT2D eigenvalue weighted by Gasteiger charge is -2.06. The fourth-order valence-electron chi connectivity index (χ4n) is 1.60. The standard InChI is InChI=1S/C11H12F2N4/c1-6-3-7(9(13)4-8(6)12)11-16-15-10(5-14)17(11)2/h3-4H,5,14H2,1-2H3. The Kier molecular flexibility index (Phi) is 2.89. The van der Waals surface area contributed by atoms with E-state index in [1.54, 1.807) is 18.5 Å². The van der Waals surface area contributed by atoms with Gasteiger partial charge in [-0.05, 0) is 18.6 Å². The van der Waals surface area contributed by atoms with Crippen molar-refractivity contribution in [3.8, 4) is 11.4 Å². The molecule has 4 nitrogen and oxygen atoms in total. The van der Waals surface area contributed by atoms with Crippen molar-refractivity contribution in [1.82, 2.24) is 14.8 Å². The van der Waals surface area contributed by atoms with E-state index in [0.29, 0.717) is 17.2 Å². The van der Waals surface area contributed by atoms with Crippen molar-refractivity contribution in [3.63, 3.8) is 0 Å². The molecule has 0 radical (unpaired) electrons. The Morgan fingerprint density at radius 3 is 2.53 bits per heavy atom. The summed E-state index contributed by atoms with van der Waals surface area (Å²) in [6, 6.07) is 2.26. The number of nitrogens with zero attached hydrogens (tertiary/aromatic N) is 3. The van der Waals surface area contributed by atoms with Crippen LogP contribution in [0.3, 0.4) is 0 Å². The van der Waals surface area contributed by atoms with Gasteiger partial charge in [-0.15, -0.1) is 10.2 Å². The zero-order valence-corrected chi connectivity index (χ0v) is 9.54. The highest BCUT2D eigenvalue weighted by Crippen LogP contribution is 2.23. The van der Waals surface area contributed by atoms with Crippen molar-refractivity contribution in [2.24, 2.45) is 12.8 Å². The summed E-state index contributed by atoms with van der Waals surface area (Å²) < 4.78 is 28.4. The monoisotopic (exact) mass is 238 g/mol. The highest BCUT2D eigenvalue weighted by Gasteiger charge is 2.15. The Balaban J connectivity index is 2.60. The molecule has 1 aromatic heterocycles. The summed E-state index contributed by atoms with van der Waals surface area (Å²) in [5.41, 5.74) is 6.04. The Labute approximate surface area is 97.1 Å². The van der Waals surface area contributed by atoms with Gasteiger partial charge in [-0.1, -0.05) is 0 Å². The molecule has 90 valence electrons. The zero-order valence-electron chi connectivity index (χ0n) is 9.54. The molecule has 0 saturated heterocycles. The minimum atomic E-state index is -0.660. The summed E-state index contributed by atoms with van der Waals surface area (Å²) in [7, 11) is 1.69. The SMILES string of the molecule is Cc1cc(-c2nnc(CN)n2C)c(F)cc1F. The van der Waals surface area contributed by atoms with Crippen LogP contribution in [0.2, 0.25) is 0 Å². The van der Waals surface area contributed by atoms with Crippen molar-refractivity contribution in [1.29, 1.82) is 0 Å². The Morgan fingerprint density at radius 2 is 1.94 bits per heavy atom. The predicted octanol–water partition coefficient (Wildman–Crippen LogP) is 1.53. The summed E-state index contributed by atoms with van der Waals surface area (Å²) in [5, 5.41) is 7.69. The lowest BCUT2D eigenvalue weighted by atomic mass is 10.1. The van der Waals surface area contributed by atoms with E-state index in [-0.39, 0.29) is 12.1 Å². The Morgan fingerprint density at radius 1 is 1.24 bits per heavy atom. The molecule has 17 heavy (non-hydrogen) atoms. The van der Waals surface area contributed by atoms with Crippen LogP contribution in [0.4, 0.5) is 8.78 Å². The van der Waals surface area contributed by atoms with E-state index in [0.717, 1.165) is 6.07 Å². The van der Waals surface area contributed by atoms with Gasteiger partial charge in [-0.3, -0.25) is 0 Å². The van der Waals surface area contributed by atoms with Crippen molar-refractivity contribution in [3.05, 3.63) is 35.2 Å². The lowest BCUT2D eigenvalue weighted by Crippen LogP contribution is -2.06. The second-order valence-corrected chi connectivity index (χ2v) is 3.78. The quantitative estimate of drug-likeness (QED) is 0.863. The van der Waals surface area contributed by atoms with Crippen LogP contribution in [0.1, 0.15) is 11.4 Å². The third kappa shape index (κ3) is 1.91. The van der Waals surface area contributed by atoms with E-state index in [1.165, 1.54) is 6.07 Å². The number of aromatic nitrogens is 3. The summed E-state index contributed by atoms with van der Waals surface area (Å²) in [4.78, 5) is 0. The van der Waals surface area contributed by atoms with Gasteiger partial charge in [0.1, 0.15) is 17.5 Å². The highest BCUT2D eigenvalue weighted by molar-refractivity contribution is 5.57. The summed E-state index contributed by atoms with van der Waals surface area (Å²) in [6.07, 6.45) is 0. The Bertz CT molecular complexity index is 563. The summed E-state index contributed by atoms with van der Waals surface area (Å²) in [5.74, 6) is -0.355. The molecule has 0 aliphatic heterocycles. The van der Waals surface area contributed by atoms with Crippen LogP contribution >= 0.6 is 0 Å². The maximum atomic E-state index is 13.7. The van der Waals surface area contributed by atoms with Crippen LogP contribution in [0.15, 0.2) is 12.1 Å². The number of benzene rings is 1. The molecule has 1 heterocycles. The van der Waals surface area contributed by atoms with Crippen molar-refractivity contribution < 1.29 is 8.78 Å². The molecule has 2 rings (SSSR count). The van der Waals surface area contributed by atoms with Gasteiger partial charge in [0.25, 0.3) is 0 Å². The average Bonchev–Trinajstić information content (AvgIpc) is 2.65. The van der Waals surface area contributed by atoms with E-state index in [2.05, 4.69) is 10.2 Å². The average molecular weight is 238 g/mol. The van der Waals surface area contributed by atoms with E-state index in [1.807, 2.05) is 0 Å². The number of nitrogens with two attached hydrogens (primary N) is 1. The smallest absolute Gasteiger partial charge is 0.166 e. The van der Waals surface area contributed by atoms with E-state index in [9.17, 15) is 8.78 Å². The predicted molar refractivity (Wildman–Crippen MR) is 59.0 cm³/mol. The first kappa shape index (κ1) is 11.7. The van der Waals surface area contributed by atoms with Gasteiger partial charge in [-0.25, -0.2) is 8.78 Å². The largest absolute Gasteiger partial charge is 0.324 e. The molecule has 0 unspecified atom stereocenters. The van der Waals surface area contributed by atoms with Crippen molar-refractivity contribution >= 4 is 0 Å². The molecule has 0 aliphatic rings. The number of hydrogen-bond donors (Lipinski definition) is 1. The van der Waals surface area contributed by atoms with Gasteiger partial charge in [0.15, 0.2) is 5.82 Å². The van der Waals surface area contributed by atoms with Crippen LogP contribution in [0, 0.1) is 18.6 Å². The maximum absolute atomic E-state index is 13.7. The van der Waals surface area contributed by atoms with Crippen molar-refractivity contribution in [2.75, 3.05) is 0 Å². The van der Waals surface area contributed by atoms with Gasteiger partial charge in [0.2, 0.25) is 0 Å². The van der Waals surface area contributed by atoms with Crippen molar-refractivity contribution in [2.45, 2.75) is 13.5 Å². The third-order valence-corrected chi connectivity index (χ3v) is 2.64. The first-order valence-corrected chi connectivity index (χ1v) is 5.09. The molecular formula is C11H12F2N4. The van der Waals surface area contributed by atoms with Crippen LogP contribution in [-0.2, 0) is 13.6 Å². The van der Waals surface area contributed by atoms with E-state index >= 15 is 0 Å². The number of aryl methyl sites for hydroxylation is 1. The number of rotatable bonds is 2. The van der Waals surface area contributed by atoms with Crippen LogP contribution in [0.5, 0.6) is 0 Å². The first-order valence-electron chi connectivity index (χ1n) is 5.09. The fourth-order valence-corrected chi connectivity index (χ4v) is 1.60. The van der Waals surface area contributed by atoms with Gasteiger partial charge in [-0.2, -0.15) is 0 Å². The molecule has 2 aromatic rings. The maximum Gasteiger partial charge on any atom is 0.166 e. The molecule has 0 saturated carbocycles. The molecule has 0 amide bonds. The normalized spacial score (nSPS) is 10.9. The Hall–Kier alpha value is -1.82. The second kappa shape index (κ2) is 4.21. The minimum absolute atomic E-state index is 0.214. The summed E-state index contributed by atoms with van der Waals surface area (Å²) >= 11 is 0. The molecule has 0 aliphatic carbocycles. The molecule has 2 N–H and O–H groups in total. The van der Waals surface area contributed by atoms with Crippen LogP contribution in [0.25, 0.3) is 11.4 Å². The summed E-state index contributed by atoms with van der Waals surface area (Å²) in [6.45, 7) is 1.78. The molecule has 0 bridgehead atoms. The van der Waals surface area contributed by atoms with Crippen LogP contribution in [-0.4, -0.2) is 14.8 Å². The molecule has 6 heteroatoms. The van der Waals surface area contributed by atoms with Gasteiger partial charge in [0.05, 0.1) is 12.1 Å². The molecular weight excluding hydrogens is 226 g/mol. The molecule has 0 atom stereocenters.